The minimum atomic E-state index is 0.351. The van der Waals surface area contributed by atoms with Crippen LogP contribution in [0.4, 0.5) is 0 Å². The molecular formula is C8H3BrCl2N2S. The van der Waals surface area contributed by atoms with Gasteiger partial charge in [-0.05, 0) is 22.0 Å². The van der Waals surface area contributed by atoms with E-state index in [1.54, 1.807) is 0 Å². The summed E-state index contributed by atoms with van der Waals surface area (Å²) < 4.78 is 0.997. The zero-order chi connectivity index (χ0) is 10.1. The van der Waals surface area contributed by atoms with Crippen LogP contribution in [-0.2, 0) is 0 Å². The Morgan fingerprint density at radius 3 is 2.29 bits per heavy atom. The highest BCUT2D eigenvalue weighted by Gasteiger charge is 2.06. The highest BCUT2D eigenvalue weighted by Crippen LogP contribution is 2.28. The van der Waals surface area contributed by atoms with Gasteiger partial charge in [0.2, 0.25) is 0 Å². The van der Waals surface area contributed by atoms with Crippen molar-refractivity contribution in [1.29, 1.82) is 0 Å². The van der Waals surface area contributed by atoms with Crippen LogP contribution in [0.5, 0.6) is 0 Å². The first-order valence-corrected chi connectivity index (χ1v) is 6.02. The van der Waals surface area contributed by atoms with E-state index in [9.17, 15) is 0 Å². The fourth-order valence-electron chi connectivity index (χ4n) is 0.931. The number of hydrogen-bond acceptors (Lipinski definition) is 3. The first kappa shape index (κ1) is 10.4. The molecular weight excluding hydrogens is 307 g/mol. The van der Waals surface area contributed by atoms with E-state index in [0.717, 1.165) is 9.35 Å². The summed E-state index contributed by atoms with van der Waals surface area (Å²) >= 11 is 16.4. The van der Waals surface area contributed by atoms with Crippen LogP contribution in [0.3, 0.4) is 0 Å². The van der Waals surface area contributed by atoms with Gasteiger partial charge < -0.3 is 0 Å². The van der Waals surface area contributed by atoms with Crippen LogP contribution < -0.4 is 0 Å². The number of rotatable bonds is 1. The van der Waals surface area contributed by atoms with Gasteiger partial charge in [-0.15, -0.1) is 11.3 Å². The van der Waals surface area contributed by atoms with Crippen molar-refractivity contribution in [3.05, 3.63) is 32.3 Å². The highest BCUT2D eigenvalue weighted by molar-refractivity contribution is 9.10. The van der Waals surface area contributed by atoms with Crippen LogP contribution >= 0.6 is 50.5 Å². The van der Waals surface area contributed by atoms with E-state index < -0.39 is 0 Å². The summed E-state index contributed by atoms with van der Waals surface area (Å²) in [7, 11) is 0. The lowest BCUT2D eigenvalue weighted by atomic mass is 10.4. The first-order valence-electron chi connectivity index (χ1n) is 3.59. The van der Waals surface area contributed by atoms with Crippen LogP contribution in [0, 0.1) is 0 Å². The fourth-order valence-corrected chi connectivity index (χ4v) is 2.71. The Hall–Kier alpha value is -0.160. The van der Waals surface area contributed by atoms with Gasteiger partial charge in [-0.1, -0.05) is 23.2 Å². The van der Waals surface area contributed by atoms with Gasteiger partial charge in [-0.25, -0.2) is 9.97 Å². The summed E-state index contributed by atoms with van der Waals surface area (Å²) in [6.07, 6.45) is 0. The van der Waals surface area contributed by atoms with Gasteiger partial charge in [-0.2, -0.15) is 0 Å². The highest BCUT2D eigenvalue weighted by atomic mass is 79.9. The molecule has 2 heterocycles. The molecule has 0 aliphatic heterocycles. The molecule has 2 rings (SSSR count). The van der Waals surface area contributed by atoms with E-state index in [4.69, 9.17) is 23.2 Å². The number of thiophene rings is 1. The Morgan fingerprint density at radius 1 is 1.14 bits per heavy atom. The second kappa shape index (κ2) is 4.14. The van der Waals surface area contributed by atoms with Gasteiger partial charge in [0.1, 0.15) is 10.3 Å². The quantitative estimate of drug-likeness (QED) is 0.735. The number of aromatic nitrogens is 2. The normalized spacial score (nSPS) is 10.5. The van der Waals surface area contributed by atoms with E-state index in [1.807, 2.05) is 11.4 Å². The summed E-state index contributed by atoms with van der Waals surface area (Å²) in [5.74, 6) is 0.554. The number of halogens is 3. The largest absolute Gasteiger partial charge is 0.215 e. The molecule has 0 saturated carbocycles. The molecule has 14 heavy (non-hydrogen) atoms. The molecule has 0 saturated heterocycles. The molecule has 0 bridgehead atoms. The van der Waals surface area contributed by atoms with Gasteiger partial charge in [0.25, 0.3) is 0 Å². The van der Waals surface area contributed by atoms with Gasteiger partial charge in [0.05, 0.1) is 4.88 Å². The third kappa shape index (κ3) is 2.25. The topological polar surface area (TPSA) is 25.8 Å². The smallest absolute Gasteiger partial charge is 0.172 e. The van der Waals surface area contributed by atoms with Gasteiger partial charge in [0.15, 0.2) is 5.82 Å². The zero-order valence-corrected chi connectivity index (χ0v) is 10.6. The Kier molecular flexibility index (Phi) is 3.07. The summed E-state index contributed by atoms with van der Waals surface area (Å²) in [5, 5.41) is 2.65. The Bertz CT molecular complexity index is 452. The predicted molar refractivity (Wildman–Crippen MR) is 63.1 cm³/mol. The Balaban J connectivity index is 2.51. The van der Waals surface area contributed by atoms with E-state index in [1.165, 1.54) is 17.4 Å². The molecule has 0 radical (unpaired) electrons. The van der Waals surface area contributed by atoms with E-state index in [0.29, 0.717) is 16.1 Å². The van der Waals surface area contributed by atoms with Crippen molar-refractivity contribution in [2.24, 2.45) is 0 Å². The van der Waals surface area contributed by atoms with Crippen molar-refractivity contribution in [2.45, 2.75) is 0 Å². The van der Waals surface area contributed by atoms with Crippen LogP contribution in [0.1, 0.15) is 0 Å². The molecule has 2 aromatic rings. The molecule has 0 atom stereocenters. The van der Waals surface area contributed by atoms with Crippen LogP contribution in [0.15, 0.2) is 22.0 Å². The van der Waals surface area contributed by atoms with Gasteiger partial charge in [-0.3, -0.25) is 0 Å². The first-order chi connectivity index (χ1) is 6.65. The molecule has 0 aliphatic rings. The molecule has 0 amide bonds. The summed E-state index contributed by atoms with van der Waals surface area (Å²) in [5.41, 5.74) is 0. The van der Waals surface area contributed by atoms with E-state index in [2.05, 4.69) is 25.9 Å². The van der Waals surface area contributed by atoms with Crippen molar-refractivity contribution in [3.8, 4) is 10.7 Å². The monoisotopic (exact) mass is 308 g/mol. The SMILES string of the molecule is Clc1cc(Cl)nc(-c2cc(Br)cs2)n1. The fraction of sp³-hybridized carbons (Fsp3) is 0. The molecule has 72 valence electrons. The van der Waals surface area contributed by atoms with Crippen LogP contribution in [0.25, 0.3) is 10.7 Å². The molecule has 0 N–H and O–H groups in total. The standard InChI is InChI=1S/C8H3BrCl2N2S/c9-4-1-5(14-3-4)8-12-6(10)2-7(11)13-8/h1-3H. The lowest BCUT2D eigenvalue weighted by Crippen LogP contribution is -1.87. The number of hydrogen-bond donors (Lipinski definition) is 0. The van der Waals surface area contributed by atoms with E-state index >= 15 is 0 Å². The third-order valence-electron chi connectivity index (χ3n) is 1.45. The van der Waals surface area contributed by atoms with Gasteiger partial charge in [0, 0.05) is 15.9 Å². The molecule has 2 aromatic heterocycles. The average molecular weight is 310 g/mol. The number of nitrogens with zero attached hydrogens (tertiary/aromatic N) is 2. The average Bonchev–Trinajstić information content (AvgIpc) is 2.50. The lowest BCUT2D eigenvalue weighted by Gasteiger charge is -1.97. The molecule has 0 aromatic carbocycles. The van der Waals surface area contributed by atoms with Crippen LogP contribution in [-0.4, -0.2) is 9.97 Å². The second-order valence-electron chi connectivity index (χ2n) is 2.47. The van der Waals surface area contributed by atoms with Crippen LogP contribution in [0.2, 0.25) is 10.3 Å². The minimum Gasteiger partial charge on any atom is -0.215 e. The second-order valence-corrected chi connectivity index (χ2v) is 5.07. The van der Waals surface area contributed by atoms with Crippen molar-refractivity contribution in [1.82, 2.24) is 9.97 Å². The molecule has 0 aliphatic carbocycles. The Labute approximate surface area is 103 Å². The van der Waals surface area contributed by atoms with Crippen molar-refractivity contribution < 1.29 is 0 Å². The maximum absolute atomic E-state index is 5.76. The molecule has 0 spiro atoms. The Morgan fingerprint density at radius 2 is 1.79 bits per heavy atom. The summed E-state index contributed by atoms with van der Waals surface area (Å²) in [4.78, 5) is 9.09. The molecule has 0 fully saturated rings. The maximum atomic E-state index is 5.76. The molecule has 0 unspecified atom stereocenters. The summed E-state index contributed by atoms with van der Waals surface area (Å²) in [6.45, 7) is 0. The van der Waals surface area contributed by atoms with Gasteiger partial charge >= 0.3 is 0 Å². The predicted octanol–water partition coefficient (Wildman–Crippen LogP) is 4.27. The molecule has 6 heteroatoms. The molecule has 2 nitrogen and oxygen atoms in total. The maximum Gasteiger partial charge on any atom is 0.172 e. The summed E-state index contributed by atoms with van der Waals surface area (Å²) in [6, 6.07) is 3.43. The lowest BCUT2D eigenvalue weighted by molar-refractivity contribution is 1.19. The van der Waals surface area contributed by atoms with Crippen molar-refractivity contribution in [3.63, 3.8) is 0 Å². The third-order valence-corrected chi connectivity index (χ3v) is 3.53. The van der Waals surface area contributed by atoms with E-state index in [-0.39, 0.29) is 0 Å². The minimum absolute atomic E-state index is 0.351. The van der Waals surface area contributed by atoms with Crippen molar-refractivity contribution in [2.75, 3.05) is 0 Å². The van der Waals surface area contributed by atoms with Crippen molar-refractivity contribution >= 4 is 50.5 Å². The zero-order valence-electron chi connectivity index (χ0n) is 6.67.